The second-order valence-corrected chi connectivity index (χ2v) is 16.5. The summed E-state index contributed by atoms with van der Waals surface area (Å²) in [5.74, 6) is 0.159. The number of rotatable bonds is 17. The normalized spacial score (nSPS) is 16.0. The predicted octanol–water partition coefficient (Wildman–Crippen LogP) is 4.28. The number of amides is 3. The Morgan fingerprint density at radius 3 is 2.21 bits per heavy atom. The minimum Gasteiger partial charge on any atom is -0.382 e. The minimum absolute atomic E-state index is 0.00747. The Kier molecular flexibility index (Phi) is 13.6. The third-order valence-corrected chi connectivity index (χ3v) is 10.7. The van der Waals surface area contributed by atoms with Gasteiger partial charge in [0.05, 0.1) is 24.5 Å². The number of nitrogens with one attached hydrogen (secondary N) is 1. The summed E-state index contributed by atoms with van der Waals surface area (Å²) in [6.45, 7) is 17.5. The van der Waals surface area contributed by atoms with Crippen LogP contribution in [0, 0.1) is 5.41 Å². The molecule has 0 spiro atoms. The van der Waals surface area contributed by atoms with E-state index in [1.165, 1.54) is 4.90 Å². The highest BCUT2D eigenvalue weighted by molar-refractivity contribution is 6.50. The van der Waals surface area contributed by atoms with Crippen molar-refractivity contribution in [2.75, 3.05) is 58.4 Å². The van der Waals surface area contributed by atoms with Crippen molar-refractivity contribution in [1.82, 2.24) is 30.0 Å². The number of aromatic nitrogens is 3. The van der Waals surface area contributed by atoms with Gasteiger partial charge in [0.2, 0.25) is 23.5 Å². The molecule has 0 saturated heterocycles. The van der Waals surface area contributed by atoms with E-state index in [0.717, 1.165) is 49.2 Å². The minimum atomic E-state index is -0.675. The summed E-state index contributed by atoms with van der Waals surface area (Å²) in [6.07, 6.45) is 5.33. The number of anilines is 1. The van der Waals surface area contributed by atoms with Crippen molar-refractivity contribution in [2.45, 2.75) is 111 Å². The number of benzene rings is 1. The topological polar surface area (TPSA) is 164 Å². The van der Waals surface area contributed by atoms with Crippen LogP contribution in [0.4, 0.5) is 11.4 Å². The van der Waals surface area contributed by atoms with Crippen LogP contribution in [-0.4, -0.2) is 119 Å². The van der Waals surface area contributed by atoms with Gasteiger partial charge in [-0.25, -0.2) is 4.99 Å². The molecular weight excluding hydrogens is 672 g/mol. The molecule has 1 aromatic heterocycles. The van der Waals surface area contributed by atoms with Gasteiger partial charge in [-0.15, -0.1) is 10.2 Å². The lowest BCUT2D eigenvalue weighted by molar-refractivity contribution is -0.144. The standard InChI is InChI=1S/C39H62N10O4/c1-11-53-23-15-22-47(25-30(40)50)32(52)26-48(29-16-13-12-14-17-29)31(51)24-41-39(7,8)38(5,6)36-44-43-35-33(34(37(2,3)4)45-49(35)36)42-27-18-20-28(21-19-27)46(9)10/h18-21,29,41H,11-17,22-26H2,1-10H3,(H2,40,50). The maximum atomic E-state index is 14.1. The maximum absolute atomic E-state index is 14.1. The Bertz CT molecular complexity index is 1650. The van der Waals surface area contributed by atoms with E-state index in [-0.39, 0.29) is 42.9 Å². The van der Waals surface area contributed by atoms with E-state index in [2.05, 4.69) is 50.1 Å². The summed E-state index contributed by atoms with van der Waals surface area (Å²) >= 11 is 0. The van der Waals surface area contributed by atoms with Crippen molar-refractivity contribution in [3.63, 3.8) is 0 Å². The third-order valence-electron chi connectivity index (χ3n) is 10.7. The number of ether oxygens (including phenoxy) is 1. The van der Waals surface area contributed by atoms with E-state index in [1.54, 1.807) is 9.58 Å². The fourth-order valence-electron chi connectivity index (χ4n) is 6.67. The average molecular weight is 735 g/mol. The van der Waals surface area contributed by atoms with Crippen LogP contribution >= 0.6 is 0 Å². The highest BCUT2D eigenvalue weighted by atomic mass is 16.5. The van der Waals surface area contributed by atoms with Crippen LogP contribution in [0.2, 0.25) is 0 Å². The number of nitrogens with zero attached hydrogens (tertiary/aromatic N) is 8. The Morgan fingerprint density at radius 1 is 0.962 bits per heavy atom. The van der Waals surface area contributed by atoms with Crippen molar-refractivity contribution in [2.24, 2.45) is 21.2 Å². The van der Waals surface area contributed by atoms with Gasteiger partial charge >= 0.3 is 0 Å². The zero-order chi connectivity index (χ0) is 39.1. The Morgan fingerprint density at radius 2 is 1.62 bits per heavy atom. The van der Waals surface area contributed by atoms with Crippen molar-refractivity contribution in [3.8, 4) is 0 Å². The maximum Gasteiger partial charge on any atom is 0.242 e. The van der Waals surface area contributed by atoms with E-state index in [1.807, 2.05) is 64.0 Å². The van der Waals surface area contributed by atoms with Crippen molar-refractivity contribution in [3.05, 3.63) is 35.9 Å². The molecule has 0 bridgehead atoms. The van der Waals surface area contributed by atoms with E-state index >= 15 is 0 Å². The predicted molar refractivity (Wildman–Crippen MR) is 210 cm³/mol. The number of hydrogen-bond acceptors (Lipinski definition) is 10. The molecule has 14 heteroatoms. The van der Waals surface area contributed by atoms with Gasteiger partial charge in [-0.3, -0.25) is 14.4 Å². The van der Waals surface area contributed by atoms with Crippen molar-refractivity contribution < 1.29 is 19.1 Å². The molecule has 2 heterocycles. The molecule has 0 unspecified atom stereocenters. The highest BCUT2D eigenvalue weighted by Crippen LogP contribution is 2.37. The molecule has 1 aliphatic carbocycles. The molecule has 292 valence electrons. The quantitative estimate of drug-likeness (QED) is 0.228. The second kappa shape index (κ2) is 17.3. The molecule has 3 amide bonds. The van der Waals surface area contributed by atoms with E-state index in [9.17, 15) is 14.4 Å². The molecule has 53 heavy (non-hydrogen) atoms. The Balaban J connectivity index is 1.56. The Labute approximate surface area is 315 Å². The summed E-state index contributed by atoms with van der Waals surface area (Å²) in [6, 6.07) is 7.98. The lowest BCUT2D eigenvalue weighted by Gasteiger charge is -2.42. The molecule has 1 fully saturated rings. The van der Waals surface area contributed by atoms with E-state index in [0.29, 0.717) is 43.5 Å². The monoisotopic (exact) mass is 734 g/mol. The largest absolute Gasteiger partial charge is 0.382 e. The first-order valence-electron chi connectivity index (χ1n) is 19.0. The fourth-order valence-corrected chi connectivity index (χ4v) is 6.67. The number of carbonyl (C=O) groups excluding carboxylic acids is 3. The van der Waals surface area contributed by atoms with E-state index in [4.69, 9.17) is 20.6 Å². The van der Waals surface area contributed by atoms with Crippen LogP contribution in [0.1, 0.15) is 106 Å². The molecule has 3 N–H and O–H groups in total. The number of carbonyl (C=O) groups is 3. The first-order valence-corrected chi connectivity index (χ1v) is 19.0. The summed E-state index contributed by atoms with van der Waals surface area (Å²) in [4.78, 5) is 49.8. The molecule has 1 saturated carbocycles. The number of primary amides is 1. The second-order valence-electron chi connectivity index (χ2n) is 16.5. The number of hydrogen-bond donors (Lipinski definition) is 2. The van der Waals surface area contributed by atoms with Crippen molar-refractivity contribution >= 4 is 40.5 Å². The van der Waals surface area contributed by atoms with E-state index < -0.39 is 16.9 Å². The van der Waals surface area contributed by atoms with Crippen LogP contribution in [0.3, 0.4) is 0 Å². The summed E-state index contributed by atoms with van der Waals surface area (Å²) in [5, 5.41) is 17.9. The molecule has 14 nitrogen and oxygen atoms in total. The molecule has 2 aromatic rings. The lowest BCUT2D eigenvalue weighted by atomic mass is 9.73. The smallest absolute Gasteiger partial charge is 0.242 e. The fraction of sp³-hybridized carbons (Fsp3) is 0.667. The van der Waals surface area contributed by atoms with Gasteiger partial charge in [-0.1, -0.05) is 53.9 Å². The van der Waals surface area contributed by atoms with Gasteiger partial charge in [0.25, 0.3) is 0 Å². The summed E-state index contributed by atoms with van der Waals surface area (Å²) in [5.41, 5.74) is 7.22. The molecule has 1 aliphatic heterocycles. The molecule has 0 atom stereocenters. The lowest BCUT2D eigenvalue weighted by Crippen LogP contribution is -2.58. The Hall–Kier alpha value is -4.17. The van der Waals surface area contributed by atoms with Crippen LogP contribution in [0.15, 0.2) is 34.4 Å². The van der Waals surface area contributed by atoms with Crippen molar-refractivity contribution in [1.29, 1.82) is 0 Å². The number of aliphatic imine (C=N–C) groups is 1. The highest BCUT2D eigenvalue weighted by Gasteiger charge is 2.46. The zero-order valence-corrected chi connectivity index (χ0v) is 33.7. The molecule has 1 aromatic carbocycles. The number of nitrogens with two attached hydrogens (primary N) is 1. The van der Waals surface area contributed by atoms with Crippen LogP contribution < -0.4 is 16.0 Å². The average Bonchev–Trinajstić information content (AvgIpc) is 3.68. The van der Waals surface area contributed by atoms with Gasteiger partial charge < -0.3 is 30.5 Å². The van der Waals surface area contributed by atoms with Gasteiger partial charge in [0.15, 0.2) is 5.82 Å². The van der Waals surface area contributed by atoms with Gasteiger partial charge in [0, 0.05) is 62.0 Å². The summed E-state index contributed by atoms with van der Waals surface area (Å²) in [7, 11) is 4.01. The zero-order valence-electron chi connectivity index (χ0n) is 33.7. The molecule has 2 aliphatic rings. The van der Waals surface area contributed by atoms with Crippen LogP contribution in [0.5, 0.6) is 0 Å². The molecular formula is C39H62N10O4. The molecule has 4 rings (SSSR count). The van der Waals surface area contributed by atoms with Crippen LogP contribution in [-0.2, 0) is 24.5 Å². The van der Waals surface area contributed by atoms with Gasteiger partial charge in [0.1, 0.15) is 12.3 Å². The van der Waals surface area contributed by atoms with Crippen LogP contribution in [0.25, 0.3) is 0 Å². The summed E-state index contributed by atoms with van der Waals surface area (Å²) < 4.78 is 7.23. The molecule has 0 radical (unpaired) electrons. The first kappa shape index (κ1) is 41.6. The third kappa shape index (κ3) is 10.1. The number of fused-ring (bicyclic) bond motifs is 1. The van der Waals surface area contributed by atoms with Gasteiger partial charge in [-0.05, 0) is 64.3 Å². The van der Waals surface area contributed by atoms with Gasteiger partial charge in [-0.2, -0.15) is 9.78 Å². The SMILES string of the molecule is CCOCCCN(CC(N)=O)C(=O)CN(C(=O)CNC(C)(C)C(C)(C)c1nnc2n1N=C(C(C)(C)C)C2=Nc1ccc(N(C)C)cc1)C1CCCCC1. The first-order chi connectivity index (χ1) is 24.9.